The Hall–Kier alpha value is -2.73. The highest BCUT2D eigenvalue weighted by Gasteiger charge is 2.28. The first kappa shape index (κ1) is 25.3. The number of aliphatic carboxylic acids is 1. The zero-order chi connectivity index (χ0) is 21.9. The van der Waals surface area contributed by atoms with Crippen molar-refractivity contribution in [3.05, 3.63) is 0 Å². The van der Waals surface area contributed by atoms with E-state index in [1.54, 1.807) is 0 Å². The highest BCUT2D eigenvalue weighted by Crippen LogP contribution is 2.06. The Morgan fingerprint density at radius 2 is 1.46 bits per heavy atom. The van der Waals surface area contributed by atoms with Crippen molar-refractivity contribution in [2.24, 2.45) is 11.7 Å². The van der Waals surface area contributed by atoms with Gasteiger partial charge >= 0.3 is 5.97 Å². The molecule has 0 radical (unpaired) electrons. The summed E-state index contributed by atoms with van der Waals surface area (Å²) in [6.07, 6.45) is 0.226. The van der Waals surface area contributed by atoms with E-state index in [0.717, 1.165) is 0 Å². The third-order valence-electron chi connectivity index (χ3n) is 3.53. The molecule has 28 heavy (non-hydrogen) atoms. The minimum atomic E-state index is -1.38. The molecule has 3 atom stereocenters. The van der Waals surface area contributed by atoms with Crippen molar-refractivity contribution < 1.29 is 34.2 Å². The summed E-state index contributed by atoms with van der Waals surface area (Å²) in [6.45, 7) is 3.32. The number of hydrogen-bond acceptors (Lipinski definition) is 7. The number of carbonyl (C=O) groups excluding carboxylic acids is 4. The molecule has 0 bridgehead atoms. The van der Waals surface area contributed by atoms with Gasteiger partial charge in [-0.3, -0.25) is 24.0 Å². The summed E-state index contributed by atoms with van der Waals surface area (Å²) in [4.78, 5) is 58.3. The minimum absolute atomic E-state index is 0.00148. The Morgan fingerprint density at radius 1 is 0.893 bits per heavy atom. The molecule has 12 nitrogen and oxygen atoms in total. The Bertz CT molecular complexity index is 582. The predicted molar refractivity (Wildman–Crippen MR) is 97.7 cm³/mol. The van der Waals surface area contributed by atoms with E-state index < -0.39 is 60.9 Å². The average Bonchev–Trinajstić information content (AvgIpc) is 2.62. The zero-order valence-electron chi connectivity index (χ0n) is 16.2. The average molecular weight is 403 g/mol. The number of hydrogen-bond donors (Lipinski definition) is 7. The van der Waals surface area contributed by atoms with Crippen LogP contribution in [-0.4, -0.2) is 77.6 Å². The lowest BCUT2D eigenvalue weighted by atomic mass is 10.0. The van der Waals surface area contributed by atoms with Crippen LogP contribution in [0.15, 0.2) is 0 Å². The maximum Gasteiger partial charge on any atom is 0.322 e. The van der Waals surface area contributed by atoms with Gasteiger partial charge in [0.2, 0.25) is 23.6 Å². The molecule has 12 heteroatoms. The first-order chi connectivity index (χ1) is 13.0. The predicted octanol–water partition coefficient (Wildman–Crippen LogP) is -3.34. The van der Waals surface area contributed by atoms with Gasteiger partial charge in [-0.1, -0.05) is 13.8 Å². The van der Waals surface area contributed by atoms with Gasteiger partial charge in [0.05, 0.1) is 13.2 Å². The topological polar surface area (TPSA) is 200 Å². The Morgan fingerprint density at radius 3 is 1.93 bits per heavy atom. The lowest BCUT2D eigenvalue weighted by Crippen LogP contribution is -2.57. The van der Waals surface area contributed by atoms with Crippen molar-refractivity contribution in [2.75, 3.05) is 19.7 Å². The van der Waals surface area contributed by atoms with Gasteiger partial charge < -0.3 is 37.2 Å². The second-order valence-electron chi connectivity index (χ2n) is 6.54. The smallest absolute Gasteiger partial charge is 0.322 e. The summed E-state index contributed by atoms with van der Waals surface area (Å²) in [5.41, 5.74) is 5.17. The summed E-state index contributed by atoms with van der Waals surface area (Å²) >= 11 is 0. The number of nitrogens with one attached hydrogen (secondary N) is 4. The van der Waals surface area contributed by atoms with E-state index in [0.29, 0.717) is 0 Å². The first-order valence-corrected chi connectivity index (χ1v) is 8.72. The number of aliphatic hydroxyl groups excluding tert-OH is 1. The van der Waals surface area contributed by atoms with E-state index in [1.807, 2.05) is 19.2 Å². The number of nitrogens with two attached hydrogens (primary N) is 1. The molecule has 0 rings (SSSR count). The van der Waals surface area contributed by atoms with E-state index in [2.05, 4.69) is 16.0 Å². The Labute approximate surface area is 162 Å². The summed E-state index contributed by atoms with van der Waals surface area (Å²) in [6, 6.07) is -3.36. The number of amides is 4. The summed E-state index contributed by atoms with van der Waals surface area (Å²) in [7, 11) is 0. The van der Waals surface area contributed by atoms with Gasteiger partial charge in [-0.05, 0) is 19.3 Å². The molecule has 0 aromatic heterocycles. The quantitative estimate of drug-likeness (QED) is 0.175. The highest BCUT2D eigenvalue weighted by molar-refractivity contribution is 5.94. The van der Waals surface area contributed by atoms with Crippen LogP contribution in [0.3, 0.4) is 0 Å². The number of carboxylic acid groups (broad SMARTS) is 1. The molecule has 0 aromatic carbocycles. The zero-order valence-corrected chi connectivity index (χ0v) is 16.2. The molecule has 0 unspecified atom stereocenters. The van der Waals surface area contributed by atoms with E-state index in [-0.39, 0.29) is 18.9 Å². The fraction of sp³-hybridized carbons (Fsp3) is 0.688. The first-order valence-electron chi connectivity index (χ1n) is 8.72. The van der Waals surface area contributed by atoms with Gasteiger partial charge in [0, 0.05) is 0 Å². The number of carbonyl (C=O) groups is 5. The normalized spacial score (nSPS) is 13.8. The Kier molecular flexibility index (Phi) is 11.4. The second-order valence-corrected chi connectivity index (χ2v) is 6.54. The van der Waals surface area contributed by atoms with Crippen LogP contribution < -0.4 is 27.0 Å². The van der Waals surface area contributed by atoms with E-state index in [1.165, 1.54) is 6.92 Å². The molecule has 0 spiro atoms. The van der Waals surface area contributed by atoms with Crippen molar-refractivity contribution in [1.29, 1.82) is 0 Å². The Balaban J connectivity index is 5.04. The molecule has 8 N–H and O–H groups in total. The largest absolute Gasteiger partial charge is 0.480 e. The van der Waals surface area contributed by atoms with Gasteiger partial charge in [0.15, 0.2) is 0 Å². The molecule has 0 aliphatic carbocycles. The van der Waals surface area contributed by atoms with E-state index in [9.17, 15) is 29.1 Å². The molecule has 0 saturated carbocycles. The summed E-state index contributed by atoms with van der Waals surface area (Å²) in [5.74, 6) is -4.06. The minimum Gasteiger partial charge on any atom is -0.480 e. The molecule has 160 valence electrons. The molecule has 0 saturated heterocycles. The molecule has 0 aromatic rings. The van der Waals surface area contributed by atoms with Crippen LogP contribution in [0, 0.1) is 5.92 Å². The third-order valence-corrected chi connectivity index (χ3v) is 3.53. The molecular formula is C16H29N5O7. The fourth-order valence-electron chi connectivity index (χ4n) is 2.12. The van der Waals surface area contributed by atoms with Gasteiger partial charge in [-0.15, -0.1) is 0 Å². The van der Waals surface area contributed by atoms with Crippen LogP contribution in [0.4, 0.5) is 0 Å². The van der Waals surface area contributed by atoms with E-state index >= 15 is 0 Å². The number of rotatable bonds is 12. The summed E-state index contributed by atoms with van der Waals surface area (Å²) in [5, 5.41) is 27.0. The maximum atomic E-state index is 12.5. The maximum absolute atomic E-state index is 12.5. The summed E-state index contributed by atoms with van der Waals surface area (Å²) < 4.78 is 0. The van der Waals surface area contributed by atoms with Gasteiger partial charge in [0.1, 0.15) is 24.7 Å². The molecular weight excluding hydrogens is 374 g/mol. The van der Waals surface area contributed by atoms with Crippen LogP contribution >= 0.6 is 0 Å². The van der Waals surface area contributed by atoms with Crippen molar-refractivity contribution in [1.82, 2.24) is 21.3 Å². The van der Waals surface area contributed by atoms with Crippen LogP contribution in [0.5, 0.6) is 0 Å². The monoisotopic (exact) mass is 403 g/mol. The highest BCUT2D eigenvalue weighted by atomic mass is 16.4. The van der Waals surface area contributed by atoms with Gasteiger partial charge in [-0.2, -0.15) is 0 Å². The van der Waals surface area contributed by atoms with Crippen LogP contribution in [0.1, 0.15) is 27.2 Å². The number of carboxylic acids is 1. The molecule has 0 aliphatic rings. The van der Waals surface area contributed by atoms with Crippen molar-refractivity contribution >= 4 is 29.6 Å². The van der Waals surface area contributed by atoms with Gasteiger partial charge in [0.25, 0.3) is 0 Å². The molecule has 0 aliphatic heterocycles. The van der Waals surface area contributed by atoms with Crippen LogP contribution in [0.25, 0.3) is 0 Å². The lowest BCUT2D eigenvalue weighted by molar-refractivity contribution is -0.139. The SMILES string of the molecule is CC(C)C[C@H](NC(=O)[C@H](C)NC(=O)CN)C(=O)N[C@@H](CO)C(=O)NCC(=O)O. The van der Waals surface area contributed by atoms with Crippen molar-refractivity contribution in [3.8, 4) is 0 Å². The third kappa shape index (κ3) is 9.83. The molecule has 4 amide bonds. The molecule has 0 fully saturated rings. The van der Waals surface area contributed by atoms with Crippen molar-refractivity contribution in [3.63, 3.8) is 0 Å². The number of aliphatic hydroxyl groups is 1. The fourth-order valence-corrected chi connectivity index (χ4v) is 2.12. The molecule has 0 heterocycles. The standard InChI is InChI=1S/C16H29N5O7/c1-8(2)4-10(20-14(26)9(3)19-12(23)5-17)16(28)21-11(7-22)15(27)18-6-13(24)25/h8-11,22H,4-7,17H2,1-3H3,(H,18,27)(H,19,23)(H,20,26)(H,21,28)(H,24,25)/t9-,10-,11-/m0/s1. The lowest BCUT2D eigenvalue weighted by Gasteiger charge is -2.24. The van der Waals surface area contributed by atoms with Gasteiger partial charge in [-0.25, -0.2) is 0 Å². The second kappa shape index (κ2) is 12.6. The van der Waals surface area contributed by atoms with Crippen LogP contribution in [0.2, 0.25) is 0 Å². The van der Waals surface area contributed by atoms with E-state index in [4.69, 9.17) is 10.8 Å². The van der Waals surface area contributed by atoms with Crippen molar-refractivity contribution in [2.45, 2.75) is 45.3 Å². The van der Waals surface area contributed by atoms with Crippen LogP contribution in [-0.2, 0) is 24.0 Å².